The van der Waals surface area contributed by atoms with E-state index in [0.717, 1.165) is 12.1 Å². The van der Waals surface area contributed by atoms with Gasteiger partial charge in [-0.15, -0.1) is 0 Å². The van der Waals surface area contributed by atoms with Crippen molar-refractivity contribution in [2.75, 3.05) is 0 Å². The van der Waals surface area contributed by atoms with Crippen molar-refractivity contribution in [2.45, 2.75) is 21.1 Å². The van der Waals surface area contributed by atoms with E-state index in [1.807, 2.05) is 4.98 Å². The maximum atomic E-state index is 11.8. The highest BCUT2D eigenvalue weighted by Crippen LogP contribution is 2.40. The van der Waals surface area contributed by atoms with Crippen molar-refractivity contribution < 1.29 is 26.3 Å². The molecule has 0 atom stereocenters. The Bertz CT molecular complexity index is 297. The lowest BCUT2D eigenvalue weighted by Gasteiger charge is -2.04. The molecule has 1 N–H and O–H groups in total. The van der Waals surface area contributed by atoms with E-state index in [-0.39, 0.29) is 10.1 Å². The van der Waals surface area contributed by atoms with E-state index in [1.165, 1.54) is 0 Å². The first kappa shape index (κ1) is 12.6. The van der Waals surface area contributed by atoms with Crippen LogP contribution < -0.4 is 0 Å². The van der Waals surface area contributed by atoms with Gasteiger partial charge in [0.05, 0.1) is 10.1 Å². The second-order valence-corrected chi connectivity index (χ2v) is 4.50. The fourth-order valence-electron chi connectivity index (χ4n) is 0.725. The Labute approximate surface area is 88.6 Å². The molecule has 0 aliphatic heterocycles. The third kappa shape index (κ3) is 5.26. The normalized spacial score (nSPS) is 13.2. The number of aromatic amines is 1. The van der Waals surface area contributed by atoms with Gasteiger partial charge in [-0.2, -0.15) is 26.3 Å². The number of halogens is 6. The molecule has 1 nitrogen and oxygen atoms in total. The van der Waals surface area contributed by atoms with Gasteiger partial charge in [0.15, 0.2) is 0 Å². The second-order valence-electron chi connectivity index (χ2n) is 2.28. The van der Waals surface area contributed by atoms with Crippen LogP contribution in [-0.2, 0) is 0 Å². The molecule has 0 unspecified atom stereocenters. The van der Waals surface area contributed by atoms with Crippen LogP contribution in [0.25, 0.3) is 0 Å². The summed E-state index contributed by atoms with van der Waals surface area (Å²) < 4.78 is 70.8. The van der Waals surface area contributed by atoms with Crippen LogP contribution in [0.1, 0.15) is 0 Å². The van der Waals surface area contributed by atoms with Crippen LogP contribution in [0.15, 0.2) is 22.2 Å². The molecular formula is C6H3F6NS2. The van der Waals surface area contributed by atoms with E-state index in [1.54, 1.807) is 0 Å². The fraction of sp³-hybridized carbons (Fsp3) is 0.333. The summed E-state index contributed by atoms with van der Waals surface area (Å²) in [5.41, 5.74) is -9.02. The number of hydrogen-bond acceptors (Lipinski definition) is 2. The lowest BCUT2D eigenvalue weighted by molar-refractivity contribution is -0.0335. The zero-order valence-electron chi connectivity index (χ0n) is 6.74. The standard InChI is InChI=1S/C6H3F6NS2/c7-5(8,9)14-3-1-2-4(13-3)15-6(10,11)12/h1-2,13H. The molecule has 0 aliphatic rings. The van der Waals surface area contributed by atoms with Crippen LogP contribution >= 0.6 is 23.5 Å². The predicted molar refractivity (Wildman–Crippen MR) is 44.6 cm³/mol. The minimum absolute atomic E-state index is 0.366. The summed E-state index contributed by atoms with van der Waals surface area (Å²) in [5, 5.41) is -0.733. The maximum absolute atomic E-state index is 11.8. The minimum atomic E-state index is -4.51. The number of alkyl halides is 6. The molecule has 0 aliphatic carbocycles. The fourth-order valence-corrected chi connectivity index (χ4v) is 1.88. The highest BCUT2D eigenvalue weighted by molar-refractivity contribution is 8.00. The molecule has 0 amide bonds. The Morgan fingerprint density at radius 1 is 0.800 bits per heavy atom. The molecule has 0 saturated heterocycles. The van der Waals surface area contributed by atoms with E-state index in [4.69, 9.17) is 0 Å². The van der Waals surface area contributed by atoms with Crippen LogP contribution in [-0.4, -0.2) is 16.0 Å². The third-order valence-electron chi connectivity index (χ3n) is 1.08. The Morgan fingerprint density at radius 3 is 1.40 bits per heavy atom. The van der Waals surface area contributed by atoms with E-state index >= 15 is 0 Å². The summed E-state index contributed by atoms with van der Waals surface area (Å²) >= 11 is -0.977. The Kier molecular flexibility index (Phi) is 3.54. The summed E-state index contributed by atoms with van der Waals surface area (Å²) in [7, 11) is 0. The van der Waals surface area contributed by atoms with Crippen molar-refractivity contribution in [1.82, 2.24) is 4.98 Å². The molecule has 1 aromatic rings. The molecule has 1 rings (SSSR count). The van der Waals surface area contributed by atoms with Crippen molar-refractivity contribution in [2.24, 2.45) is 0 Å². The Morgan fingerprint density at radius 2 is 1.13 bits per heavy atom. The average Bonchev–Trinajstić information content (AvgIpc) is 2.28. The molecule has 15 heavy (non-hydrogen) atoms. The smallest absolute Gasteiger partial charge is 0.344 e. The van der Waals surface area contributed by atoms with Crippen molar-refractivity contribution >= 4 is 23.5 Å². The molecular weight excluding hydrogens is 264 g/mol. The Balaban J connectivity index is 2.65. The number of H-pyrrole nitrogens is 1. The molecule has 0 saturated carbocycles. The molecule has 1 aromatic heterocycles. The first-order chi connectivity index (χ1) is 6.66. The summed E-state index contributed by atoms with van der Waals surface area (Å²) in [6.45, 7) is 0. The zero-order chi connectivity index (χ0) is 11.7. The van der Waals surface area contributed by atoms with E-state index in [2.05, 4.69) is 0 Å². The molecule has 0 aromatic carbocycles. The largest absolute Gasteiger partial charge is 0.447 e. The van der Waals surface area contributed by atoms with Crippen LogP contribution in [0.3, 0.4) is 0 Å². The second kappa shape index (κ2) is 4.20. The van der Waals surface area contributed by atoms with Gasteiger partial charge in [0, 0.05) is 23.5 Å². The van der Waals surface area contributed by atoms with E-state index in [9.17, 15) is 26.3 Å². The monoisotopic (exact) mass is 267 g/mol. The summed E-state index contributed by atoms with van der Waals surface area (Å²) in [4.78, 5) is 2.01. The first-order valence-electron chi connectivity index (χ1n) is 3.36. The number of aromatic nitrogens is 1. The van der Waals surface area contributed by atoms with Gasteiger partial charge in [0.1, 0.15) is 0 Å². The van der Waals surface area contributed by atoms with E-state index < -0.39 is 34.5 Å². The summed E-state index contributed by atoms with van der Waals surface area (Å²) in [5.74, 6) is 0. The van der Waals surface area contributed by atoms with Crippen molar-refractivity contribution in [3.63, 3.8) is 0 Å². The maximum Gasteiger partial charge on any atom is 0.447 e. The number of nitrogens with one attached hydrogen (secondary N) is 1. The van der Waals surface area contributed by atoms with Gasteiger partial charge in [-0.05, 0) is 12.1 Å². The molecule has 86 valence electrons. The lowest BCUT2D eigenvalue weighted by Crippen LogP contribution is -2.00. The average molecular weight is 267 g/mol. The van der Waals surface area contributed by atoms with Crippen LogP contribution in [0.5, 0.6) is 0 Å². The van der Waals surface area contributed by atoms with Crippen molar-refractivity contribution in [1.29, 1.82) is 0 Å². The van der Waals surface area contributed by atoms with Crippen molar-refractivity contribution in [3.05, 3.63) is 12.1 Å². The molecule has 1 heterocycles. The molecule has 0 bridgehead atoms. The third-order valence-corrected chi connectivity index (χ3v) is 2.46. The molecule has 9 heteroatoms. The van der Waals surface area contributed by atoms with Gasteiger partial charge < -0.3 is 4.98 Å². The topological polar surface area (TPSA) is 15.8 Å². The van der Waals surface area contributed by atoms with Crippen LogP contribution in [0.4, 0.5) is 26.3 Å². The van der Waals surface area contributed by atoms with E-state index in [0.29, 0.717) is 0 Å². The predicted octanol–water partition coefficient (Wildman–Crippen LogP) is 4.24. The highest BCUT2D eigenvalue weighted by atomic mass is 32.2. The van der Waals surface area contributed by atoms with Crippen molar-refractivity contribution in [3.8, 4) is 0 Å². The van der Waals surface area contributed by atoms with Crippen LogP contribution in [0.2, 0.25) is 0 Å². The van der Waals surface area contributed by atoms with Gasteiger partial charge in [-0.3, -0.25) is 0 Å². The SMILES string of the molecule is FC(F)(F)Sc1ccc(SC(F)(F)F)[nH]1. The Hall–Kier alpha value is -0.440. The minimum Gasteiger partial charge on any atom is -0.344 e. The number of rotatable bonds is 2. The van der Waals surface area contributed by atoms with Crippen LogP contribution in [0, 0.1) is 0 Å². The summed E-state index contributed by atoms with van der Waals surface area (Å²) in [6.07, 6.45) is 0. The lowest BCUT2D eigenvalue weighted by atomic mass is 10.7. The number of hydrogen-bond donors (Lipinski definition) is 1. The first-order valence-corrected chi connectivity index (χ1v) is 4.99. The quantitative estimate of drug-likeness (QED) is 0.637. The van der Waals surface area contributed by atoms with Gasteiger partial charge in [-0.25, -0.2) is 0 Å². The molecule has 0 radical (unpaired) electrons. The van der Waals surface area contributed by atoms with Gasteiger partial charge >= 0.3 is 11.0 Å². The number of thioether (sulfide) groups is 2. The highest BCUT2D eigenvalue weighted by Gasteiger charge is 2.32. The zero-order valence-corrected chi connectivity index (χ0v) is 8.37. The molecule has 0 spiro atoms. The molecule has 0 fully saturated rings. The van der Waals surface area contributed by atoms with Gasteiger partial charge in [0.25, 0.3) is 0 Å². The summed E-state index contributed by atoms with van der Waals surface area (Å²) in [6, 6.07) is 1.90. The van der Waals surface area contributed by atoms with Gasteiger partial charge in [0.2, 0.25) is 0 Å². The van der Waals surface area contributed by atoms with Gasteiger partial charge in [-0.1, -0.05) is 0 Å².